The average Bonchev–Trinajstić information content (AvgIpc) is 2.51. The highest BCUT2D eigenvalue weighted by Crippen LogP contribution is 2.09. The predicted molar refractivity (Wildman–Crippen MR) is 104 cm³/mol. The Morgan fingerprint density at radius 1 is 0.720 bits per heavy atom. The number of aliphatic carboxylic acids is 2. The van der Waals surface area contributed by atoms with E-state index in [-0.39, 0.29) is 12.8 Å². The highest BCUT2D eigenvalue weighted by Gasteiger charge is 2.00. The topological polar surface area (TPSA) is 94.8 Å². The van der Waals surface area contributed by atoms with E-state index in [0.29, 0.717) is 6.61 Å². The zero-order valence-corrected chi connectivity index (χ0v) is 16.6. The van der Waals surface area contributed by atoms with Crippen LogP contribution in [0.2, 0.25) is 0 Å². The van der Waals surface area contributed by atoms with E-state index in [0.717, 1.165) is 6.42 Å². The smallest absolute Gasteiger partial charge is 0.303 e. The fourth-order valence-corrected chi connectivity index (χ4v) is 1.81. The molecule has 0 aliphatic carbocycles. The van der Waals surface area contributed by atoms with Gasteiger partial charge in [-0.2, -0.15) is 0 Å². The van der Waals surface area contributed by atoms with Crippen LogP contribution in [0.4, 0.5) is 0 Å². The third-order valence-electron chi connectivity index (χ3n) is 3.06. The van der Waals surface area contributed by atoms with Crippen molar-refractivity contribution < 1.29 is 24.9 Å². The van der Waals surface area contributed by atoms with Crippen molar-refractivity contribution in [3.63, 3.8) is 0 Å². The van der Waals surface area contributed by atoms with Crippen LogP contribution in [-0.4, -0.2) is 33.9 Å². The van der Waals surface area contributed by atoms with Gasteiger partial charge in [-0.15, -0.1) is 6.58 Å². The monoisotopic (exact) mass is 360 g/mol. The van der Waals surface area contributed by atoms with Gasteiger partial charge in [0.2, 0.25) is 0 Å². The number of carboxylic acid groups (broad SMARTS) is 2. The van der Waals surface area contributed by atoms with Crippen molar-refractivity contribution in [1.82, 2.24) is 0 Å². The number of unbranched alkanes of at least 4 members (excludes halogenated alkanes) is 9. The van der Waals surface area contributed by atoms with Crippen LogP contribution in [0.25, 0.3) is 0 Å². The van der Waals surface area contributed by atoms with E-state index in [9.17, 15) is 9.59 Å². The lowest BCUT2D eigenvalue weighted by atomic mass is 10.1. The Balaban J connectivity index is -0.000000342. The van der Waals surface area contributed by atoms with Gasteiger partial charge in [0.1, 0.15) is 0 Å². The van der Waals surface area contributed by atoms with Crippen LogP contribution in [0, 0.1) is 0 Å². The minimum Gasteiger partial charge on any atom is -0.481 e. The molecule has 3 N–H and O–H groups in total. The van der Waals surface area contributed by atoms with Crippen LogP contribution in [0.5, 0.6) is 0 Å². The maximum Gasteiger partial charge on any atom is 0.303 e. The molecule has 0 aliphatic heterocycles. The van der Waals surface area contributed by atoms with Gasteiger partial charge in [-0.05, 0) is 20.3 Å². The summed E-state index contributed by atoms with van der Waals surface area (Å²) in [5.74, 6) is -2.15. The molecule has 0 atom stereocenters. The number of aliphatic hydroxyl groups excluding tert-OH is 1. The van der Waals surface area contributed by atoms with Crippen molar-refractivity contribution >= 4 is 11.9 Å². The number of rotatable bonds is 13. The molecule has 5 nitrogen and oxygen atoms in total. The van der Waals surface area contributed by atoms with Gasteiger partial charge in [0.15, 0.2) is 0 Å². The fraction of sp³-hybridized carbons (Fsp3) is 0.800. The van der Waals surface area contributed by atoms with Crippen LogP contribution in [0.1, 0.15) is 97.8 Å². The summed E-state index contributed by atoms with van der Waals surface area (Å²) in [6.07, 6.45) is 12.7. The summed E-state index contributed by atoms with van der Waals surface area (Å²) in [7, 11) is 0. The molecule has 0 aromatic rings. The molecule has 0 aromatic carbocycles. The SMILES string of the molecule is C=C(C)C.CCCCCCCCCCCCO.O=C(O)CCC(=O)O. The molecule has 0 bridgehead atoms. The largest absolute Gasteiger partial charge is 0.481 e. The molecule has 0 saturated heterocycles. The lowest BCUT2D eigenvalue weighted by Gasteiger charge is -2.00. The Labute approximate surface area is 154 Å². The molecule has 5 heteroatoms. The third kappa shape index (κ3) is 51.8. The number of hydrogen-bond acceptors (Lipinski definition) is 3. The van der Waals surface area contributed by atoms with E-state index in [1.807, 2.05) is 13.8 Å². The second-order valence-electron chi connectivity index (χ2n) is 6.40. The molecule has 0 aliphatic rings. The summed E-state index contributed by atoms with van der Waals surface area (Å²) in [5, 5.41) is 24.4. The van der Waals surface area contributed by atoms with Gasteiger partial charge >= 0.3 is 11.9 Å². The van der Waals surface area contributed by atoms with Crippen molar-refractivity contribution in [2.24, 2.45) is 0 Å². The first-order valence-corrected chi connectivity index (χ1v) is 9.44. The molecule has 0 spiro atoms. The van der Waals surface area contributed by atoms with Crippen molar-refractivity contribution in [1.29, 1.82) is 0 Å². The average molecular weight is 361 g/mol. The summed E-state index contributed by atoms with van der Waals surface area (Å²) in [6.45, 7) is 10.1. The molecule has 0 heterocycles. The Bertz CT molecular complexity index is 285. The van der Waals surface area contributed by atoms with Crippen LogP contribution >= 0.6 is 0 Å². The van der Waals surface area contributed by atoms with Crippen molar-refractivity contribution in [3.05, 3.63) is 12.2 Å². The Morgan fingerprint density at radius 2 is 1.00 bits per heavy atom. The number of carboxylic acids is 2. The molecular weight excluding hydrogens is 320 g/mol. The summed E-state index contributed by atoms with van der Waals surface area (Å²) < 4.78 is 0. The molecule has 0 radical (unpaired) electrons. The molecule has 25 heavy (non-hydrogen) atoms. The number of allylic oxidation sites excluding steroid dienone is 1. The molecule has 150 valence electrons. The van der Waals surface area contributed by atoms with Crippen molar-refractivity contribution in [3.8, 4) is 0 Å². The number of carbonyl (C=O) groups is 2. The first-order valence-electron chi connectivity index (χ1n) is 9.44. The second kappa shape index (κ2) is 24.9. The number of hydrogen-bond donors (Lipinski definition) is 3. The van der Waals surface area contributed by atoms with E-state index < -0.39 is 11.9 Å². The normalized spacial score (nSPS) is 9.28. The molecule has 0 saturated carbocycles. The van der Waals surface area contributed by atoms with Gasteiger partial charge in [0.25, 0.3) is 0 Å². The first kappa shape index (κ1) is 28.4. The van der Waals surface area contributed by atoms with Crippen LogP contribution in [-0.2, 0) is 9.59 Å². The first-order chi connectivity index (χ1) is 11.8. The van der Waals surface area contributed by atoms with Crippen LogP contribution in [0.3, 0.4) is 0 Å². The molecule has 0 rings (SSSR count). The third-order valence-corrected chi connectivity index (χ3v) is 3.06. The highest BCUT2D eigenvalue weighted by atomic mass is 16.4. The Morgan fingerprint density at radius 3 is 1.24 bits per heavy atom. The van der Waals surface area contributed by atoms with Crippen LogP contribution in [0.15, 0.2) is 12.2 Å². The minimum atomic E-state index is -1.08. The van der Waals surface area contributed by atoms with Crippen LogP contribution < -0.4 is 0 Å². The number of aliphatic hydroxyl groups is 1. The zero-order valence-electron chi connectivity index (χ0n) is 16.6. The van der Waals surface area contributed by atoms with Crippen molar-refractivity contribution in [2.75, 3.05) is 6.61 Å². The van der Waals surface area contributed by atoms with E-state index in [2.05, 4.69) is 13.5 Å². The summed E-state index contributed by atoms with van der Waals surface area (Å²) in [6, 6.07) is 0. The maximum absolute atomic E-state index is 9.64. The van der Waals surface area contributed by atoms with Gasteiger partial charge in [0, 0.05) is 6.61 Å². The lowest BCUT2D eigenvalue weighted by molar-refractivity contribution is -0.143. The van der Waals surface area contributed by atoms with E-state index in [1.165, 1.54) is 63.4 Å². The van der Waals surface area contributed by atoms with Crippen molar-refractivity contribution in [2.45, 2.75) is 97.8 Å². The molecule has 0 amide bonds. The van der Waals surface area contributed by atoms with Gasteiger partial charge in [-0.3, -0.25) is 9.59 Å². The van der Waals surface area contributed by atoms with Gasteiger partial charge in [0.05, 0.1) is 12.8 Å². The predicted octanol–water partition coefficient (Wildman–Crippen LogP) is 5.42. The second-order valence-corrected chi connectivity index (χ2v) is 6.40. The summed E-state index contributed by atoms with van der Waals surface area (Å²) >= 11 is 0. The molecule has 0 fully saturated rings. The standard InChI is InChI=1S/C12H26O.C4H6O4.C4H8/c1-2-3-4-5-6-7-8-9-10-11-12-13;5-3(6)1-2-4(7)8;1-4(2)3/h13H,2-12H2,1H3;1-2H2,(H,5,6)(H,7,8);1H2,2-3H3. The van der Waals surface area contributed by atoms with E-state index in [4.69, 9.17) is 15.3 Å². The van der Waals surface area contributed by atoms with Gasteiger partial charge in [-0.1, -0.05) is 70.3 Å². The fourth-order valence-electron chi connectivity index (χ4n) is 1.81. The molecular formula is C20H40O5. The maximum atomic E-state index is 9.64. The lowest BCUT2D eigenvalue weighted by Crippen LogP contribution is -2.00. The molecule has 0 unspecified atom stereocenters. The minimum absolute atomic E-state index is 0.296. The summed E-state index contributed by atoms with van der Waals surface area (Å²) in [5.41, 5.74) is 1.17. The van der Waals surface area contributed by atoms with Gasteiger partial charge in [-0.25, -0.2) is 0 Å². The molecule has 0 aromatic heterocycles. The van der Waals surface area contributed by atoms with E-state index >= 15 is 0 Å². The highest BCUT2D eigenvalue weighted by molar-refractivity contribution is 5.75. The van der Waals surface area contributed by atoms with E-state index in [1.54, 1.807) is 0 Å². The Hall–Kier alpha value is -1.36. The van der Waals surface area contributed by atoms with Gasteiger partial charge < -0.3 is 15.3 Å². The Kier molecular flexibility index (Phi) is 28.3. The summed E-state index contributed by atoms with van der Waals surface area (Å²) in [4.78, 5) is 19.3. The zero-order chi connectivity index (χ0) is 19.9. The quantitative estimate of drug-likeness (QED) is 0.301.